The van der Waals surface area contributed by atoms with Gasteiger partial charge in [-0.15, -0.1) is 0 Å². The summed E-state index contributed by atoms with van der Waals surface area (Å²) < 4.78 is 5.82. The van der Waals surface area contributed by atoms with Crippen LogP contribution >= 0.6 is 0 Å². The number of ether oxygens (including phenoxy) is 1. The van der Waals surface area contributed by atoms with Crippen molar-refractivity contribution in [3.63, 3.8) is 0 Å². The fourth-order valence-electron chi connectivity index (χ4n) is 1.82. The minimum Gasteiger partial charge on any atom is -0.353 e. The summed E-state index contributed by atoms with van der Waals surface area (Å²) in [5.74, 6) is 0. The summed E-state index contributed by atoms with van der Waals surface area (Å²) in [5, 5.41) is 7.04. The van der Waals surface area contributed by atoms with Crippen LogP contribution in [0.1, 0.15) is 48.5 Å². The monoisotopic (exact) mass is 232 g/mol. The van der Waals surface area contributed by atoms with E-state index in [1.807, 2.05) is 6.92 Å². The SMILES string of the molecule is CCOC([SiH3])(NC(C)(C)C)NC(C)(C)C. The van der Waals surface area contributed by atoms with Gasteiger partial charge in [-0.25, -0.2) is 0 Å². The van der Waals surface area contributed by atoms with Crippen LogP contribution in [0.15, 0.2) is 0 Å². The predicted octanol–water partition coefficient (Wildman–Crippen LogP) is 0.776. The summed E-state index contributed by atoms with van der Waals surface area (Å²) in [7, 11) is 0.895. The maximum absolute atomic E-state index is 5.82. The van der Waals surface area contributed by atoms with Gasteiger partial charge in [0.15, 0.2) is 0 Å². The molecule has 0 fully saturated rings. The first-order valence-electron chi connectivity index (χ1n) is 5.70. The van der Waals surface area contributed by atoms with Crippen molar-refractivity contribution in [3.8, 4) is 0 Å². The third-order valence-electron chi connectivity index (χ3n) is 1.66. The lowest BCUT2D eigenvalue weighted by Gasteiger charge is -2.42. The number of nitrogens with one attached hydrogen (secondary N) is 2. The Bertz CT molecular complexity index is 178. The van der Waals surface area contributed by atoms with Gasteiger partial charge in [-0.05, 0) is 48.5 Å². The Balaban J connectivity index is 4.59. The second-order valence-electron chi connectivity index (χ2n) is 6.22. The van der Waals surface area contributed by atoms with Crippen LogP contribution in [0.5, 0.6) is 0 Å². The van der Waals surface area contributed by atoms with E-state index >= 15 is 0 Å². The molecule has 0 saturated heterocycles. The van der Waals surface area contributed by atoms with E-state index in [0.29, 0.717) is 0 Å². The zero-order chi connectivity index (χ0) is 12.3. The van der Waals surface area contributed by atoms with Gasteiger partial charge in [-0.1, -0.05) is 0 Å². The average molecular weight is 232 g/mol. The minimum absolute atomic E-state index is 0.0508. The molecule has 0 rings (SSSR count). The molecule has 0 heterocycles. The fourth-order valence-corrected chi connectivity index (χ4v) is 3.61. The van der Waals surface area contributed by atoms with E-state index in [2.05, 4.69) is 52.2 Å². The quantitative estimate of drug-likeness (QED) is 0.555. The Labute approximate surface area is 97.8 Å². The molecule has 0 aliphatic carbocycles. The Morgan fingerprint density at radius 3 is 1.47 bits per heavy atom. The lowest BCUT2D eigenvalue weighted by molar-refractivity contribution is -0.0549. The van der Waals surface area contributed by atoms with Crippen LogP contribution in [0.2, 0.25) is 0 Å². The lowest BCUT2D eigenvalue weighted by Crippen LogP contribution is -2.68. The summed E-state index contributed by atoms with van der Waals surface area (Å²) in [6.07, 6.45) is 0. The largest absolute Gasteiger partial charge is 0.353 e. The molecule has 0 bridgehead atoms. The normalized spacial score (nSPS) is 14.6. The van der Waals surface area contributed by atoms with E-state index in [-0.39, 0.29) is 16.6 Å². The molecule has 0 aliphatic heterocycles. The molecule has 0 aromatic heterocycles. The van der Waals surface area contributed by atoms with Crippen LogP contribution in [-0.4, -0.2) is 33.4 Å². The lowest BCUT2D eigenvalue weighted by atomic mass is 10.1. The fraction of sp³-hybridized carbons (Fsp3) is 1.00. The van der Waals surface area contributed by atoms with Crippen LogP contribution in [0.25, 0.3) is 0 Å². The maximum atomic E-state index is 5.82. The van der Waals surface area contributed by atoms with Gasteiger partial charge in [0.1, 0.15) is 5.47 Å². The minimum atomic E-state index is -0.342. The first-order chi connectivity index (χ1) is 6.47. The van der Waals surface area contributed by atoms with Crippen LogP contribution in [0.3, 0.4) is 0 Å². The van der Waals surface area contributed by atoms with Crippen molar-refractivity contribution in [2.75, 3.05) is 6.61 Å². The topological polar surface area (TPSA) is 33.3 Å². The molecule has 0 spiro atoms. The molecular formula is C11H28N2OSi. The van der Waals surface area contributed by atoms with Crippen molar-refractivity contribution in [1.82, 2.24) is 10.6 Å². The van der Waals surface area contributed by atoms with Gasteiger partial charge in [0.25, 0.3) is 0 Å². The van der Waals surface area contributed by atoms with E-state index in [1.165, 1.54) is 0 Å². The molecule has 92 valence electrons. The molecule has 0 aromatic rings. The standard InChI is InChI=1S/C11H28N2OSi/c1-8-14-11(15,12-9(2,3)4)13-10(5,6)7/h12-13H,8H2,1-7,15H3. The Morgan fingerprint density at radius 2 is 1.27 bits per heavy atom. The first-order valence-corrected chi connectivity index (χ1v) is 6.70. The van der Waals surface area contributed by atoms with Crippen LogP contribution in [0.4, 0.5) is 0 Å². The number of hydrogen-bond acceptors (Lipinski definition) is 3. The highest BCUT2D eigenvalue weighted by Gasteiger charge is 2.32. The summed E-state index contributed by atoms with van der Waals surface area (Å²) in [5.41, 5.74) is -0.240. The van der Waals surface area contributed by atoms with E-state index in [0.717, 1.165) is 16.8 Å². The van der Waals surface area contributed by atoms with E-state index in [1.54, 1.807) is 0 Å². The third kappa shape index (κ3) is 7.96. The Hall–Kier alpha value is 0.0969. The van der Waals surface area contributed by atoms with E-state index < -0.39 is 0 Å². The second-order valence-corrected chi connectivity index (χ2v) is 7.62. The Kier molecular flexibility index (Phi) is 4.98. The molecule has 0 aromatic carbocycles. The van der Waals surface area contributed by atoms with Gasteiger partial charge in [-0.3, -0.25) is 10.6 Å². The maximum Gasteiger partial charge on any atom is 0.146 e. The van der Waals surface area contributed by atoms with Crippen LogP contribution in [0, 0.1) is 0 Å². The molecule has 0 aliphatic rings. The second kappa shape index (κ2) is 4.95. The van der Waals surface area contributed by atoms with Gasteiger partial charge in [0, 0.05) is 17.7 Å². The first kappa shape index (κ1) is 15.1. The van der Waals surface area contributed by atoms with Gasteiger partial charge in [0.05, 0.1) is 10.2 Å². The molecule has 4 heteroatoms. The average Bonchev–Trinajstić information content (AvgIpc) is 1.74. The van der Waals surface area contributed by atoms with Crippen LogP contribution < -0.4 is 10.6 Å². The Morgan fingerprint density at radius 1 is 0.933 bits per heavy atom. The highest BCUT2D eigenvalue weighted by Crippen LogP contribution is 2.12. The van der Waals surface area contributed by atoms with E-state index in [9.17, 15) is 0 Å². The molecule has 0 unspecified atom stereocenters. The third-order valence-corrected chi connectivity index (χ3v) is 2.45. The molecule has 0 amide bonds. The summed E-state index contributed by atoms with van der Waals surface area (Å²) in [6.45, 7) is 15.7. The van der Waals surface area contributed by atoms with Crippen molar-refractivity contribution in [2.24, 2.45) is 0 Å². The number of rotatable bonds is 4. The smallest absolute Gasteiger partial charge is 0.146 e. The molecule has 0 saturated carbocycles. The highest BCUT2D eigenvalue weighted by molar-refractivity contribution is 6.14. The molecule has 15 heavy (non-hydrogen) atoms. The molecule has 2 N–H and O–H groups in total. The highest BCUT2D eigenvalue weighted by atomic mass is 28.1. The summed E-state index contributed by atoms with van der Waals surface area (Å²) in [4.78, 5) is 0. The molecule has 3 nitrogen and oxygen atoms in total. The van der Waals surface area contributed by atoms with Crippen molar-refractivity contribution < 1.29 is 4.74 Å². The van der Waals surface area contributed by atoms with Crippen molar-refractivity contribution in [2.45, 2.75) is 65.0 Å². The van der Waals surface area contributed by atoms with Crippen LogP contribution in [-0.2, 0) is 4.74 Å². The van der Waals surface area contributed by atoms with Crippen molar-refractivity contribution >= 4 is 10.2 Å². The van der Waals surface area contributed by atoms with Gasteiger partial charge < -0.3 is 4.74 Å². The van der Waals surface area contributed by atoms with Crippen molar-refractivity contribution in [3.05, 3.63) is 0 Å². The molecular weight excluding hydrogens is 204 g/mol. The van der Waals surface area contributed by atoms with Gasteiger partial charge >= 0.3 is 0 Å². The summed E-state index contributed by atoms with van der Waals surface area (Å²) in [6, 6.07) is 0. The zero-order valence-electron chi connectivity index (χ0n) is 11.6. The number of hydrogen-bond donors (Lipinski definition) is 2. The van der Waals surface area contributed by atoms with E-state index in [4.69, 9.17) is 4.74 Å². The zero-order valence-corrected chi connectivity index (χ0v) is 13.6. The molecule has 0 radical (unpaired) electrons. The van der Waals surface area contributed by atoms with Gasteiger partial charge in [-0.2, -0.15) is 0 Å². The van der Waals surface area contributed by atoms with Gasteiger partial charge in [0.2, 0.25) is 0 Å². The summed E-state index contributed by atoms with van der Waals surface area (Å²) >= 11 is 0. The molecule has 0 atom stereocenters. The predicted molar refractivity (Wildman–Crippen MR) is 70.1 cm³/mol. The van der Waals surface area contributed by atoms with Crippen molar-refractivity contribution in [1.29, 1.82) is 0 Å².